The Bertz CT molecular complexity index is 1080. The molecular weight excluding hydrogens is 355 g/mol. The number of carbonyl (C=O) groups is 1. The van der Waals surface area contributed by atoms with E-state index in [9.17, 15) is 17.6 Å². The summed E-state index contributed by atoms with van der Waals surface area (Å²) >= 11 is 0. The molecule has 134 valence electrons. The highest BCUT2D eigenvalue weighted by atomic mass is 32.2. The molecule has 0 aliphatic rings. The van der Waals surface area contributed by atoms with Crippen molar-refractivity contribution < 1.29 is 22.7 Å². The van der Waals surface area contributed by atoms with E-state index in [1.807, 2.05) is 6.92 Å². The van der Waals surface area contributed by atoms with Gasteiger partial charge in [0.05, 0.1) is 11.3 Å². The molecule has 0 aliphatic carbocycles. The summed E-state index contributed by atoms with van der Waals surface area (Å²) in [6.45, 7) is 1.82. The summed E-state index contributed by atoms with van der Waals surface area (Å²) < 4.78 is 36.2. The molecule has 0 spiro atoms. The molecule has 0 saturated heterocycles. The Hall–Kier alpha value is -2.73. The maximum atomic E-state index is 13.8. The first-order chi connectivity index (χ1) is 12.3. The van der Waals surface area contributed by atoms with Crippen LogP contribution in [-0.2, 0) is 28.3 Å². The van der Waals surface area contributed by atoms with E-state index in [4.69, 9.17) is 5.11 Å². The summed E-state index contributed by atoms with van der Waals surface area (Å²) in [4.78, 5) is 11.4. The second-order valence-corrected chi connectivity index (χ2v) is 7.21. The minimum Gasteiger partial charge on any atom is -0.481 e. The van der Waals surface area contributed by atoms with Crippen molar-refractivity contribution in [1.82, 2.24) is 0 Å². The Morgan fingerprint density at radius 3 is 2.58 bits per heavy atom. The van der Waals surface area contributed by atoms with Gasteiger partial charge in [0.15, 0.2) is 10.7 Å². The molecule has 0 aromatic heterocycles. The largest absolute Gasteiger partial charge is 0.481 e. The average Bonchev–Trinajstić information content (AvgIpc) is 2.59. The van der Waals surface area contributed by atoms with Crippen molar-refractivity contribution in [3.63, 3.8) is 0 Å². The highest BCUT2D eigenvalue weighted by Gasteiger charge is 2.14. The Morgan fingerprint density at radius 2 is 1.88 bits per heavy atom. The minimum absolute atomic E-state index is 0.126. The summed E-state index contributed by atoms with van der Waals surface area (Å²) in [5, 5.41) is 10.6. The van der Waals surface area contributed by atoms with Crippen LogP contribution in [-0.4, -0.2) is 19.5 Å². The lowest BCUT2D eigenvalue weighted by Crippen LogP contribution is -2.05. The van der Waals surface area contributed by atoms with Gasteiger partial charge < -0.3 is 5.11 Å². The first-order valence-electron chi connectivity index (χ1n) is 8.01. The minimum atomic E-state index is -2.69. The molecule has 3 aromatic rings. The molecule has 0 unspecified atom stereocenters. The SMILES string of the molecule is Cc1c(CC(=O)O)cc2ccc(F)cc2c1Cc1cccc([SH](=O)=O)c1. The Morgan fingerprint density at radius 1 is 1.12 bits per heavy atom. The standard InChI is InChI=1S/C20H17FO4S/c1-12-15(10-20(22)23)9-14-5-6-16(21)11-19(14)18(12)8-13-3-2-4-17(7-13)26(24)25/h2-7,9,11,26H,8,10H2,1H3,(H,22,23). The molecule has 3 rings (SSSR count). The lowest BCUT2D eigenvalue weighted by Gasteiger charge is -2.15. The Labute approximate surface area is 151 Å². The zero-order valence-corrected chi connectivity index (χ0v) is 14.9. The van der Waals surface area contributed by atoms with Crippen molar-refractivity contribution >= 4 is 27.4 Å². The van der Waals surface area contributed by atoms with Crippen LogP contribution in [0.5, 0.6) is 0 Å². The molecule has 1 N–H and O–H groups in total. The van der Waals surface area contributed by atoms with Crippen LogP contribution in [0.4, 0.5) is 4.39 Å². The summed E-state index contributed by atoms with van der Waals surface area (Å²) in [6, 6.07) is 12.7. The van der Waals surface area contributed by atoms with Crippen molar-refractivity contribution in [2.45, 2.75) is 24.7 Å². The van der Waals surface area contributed by atoms with Gasteiger partial charge in [0.2, 0.25) is 0 Å². The summed E-state index contributed by atoms with van der Waals surface area (Å²) in [5.41, 5.74) is 3.01. The van der Waals surface area contributed by atoms with Crippen LogP contribution < -0.4 is 0 Å². The summed E-state index contributed by atoms with van der Waals surface area (Å²) in [7, 11) is -2.69. The lowest BCUT2D eigenvalue weighted by molar-refractivity contribution is -0.136. The van der Waals surface area contributed by atoms with Crippen LogP contribution in [0, 0.1) is 12.7 Å². The number of thiol groups is 1. The Kier molecular flexibility index (Phi) is 5.04. The number of hydrogen-bond donors (Lipinski definition) is 2. The molecule has 0 saturated carbocycles. The quantitative estimate of drug-likeness (QED) is 0.673. The van der Waals surface area contributed by atoms with Crippen LogP contribution in [0.2, 0.25) is 0 Å². The van der Waals surface area contributed by atoms with Crippen LogP contribution in [0.25, 0.3) is 10.8 Å². The topological polar surface area (TPSA) is 71.4 Å². The molecule has 0 radical (unpaired) electrons. The number of fused-ring (bicyclic) bond motifs is 1. The fraction of sp³-hybridized carbons (Fsp3) is 0.150. The van der Waals surface area contributed by atoms with Crippen molar-refractivity contribution in [3.05, 3.63) is 76.6 Å². The van der Waals surface area contributed by atoms with E-state index in [-0.39, 0.29) is 17.1 Å². The van der Waals surface area contributed by atoms with E-state index in [0.717, 1.165) is 22.1 Å². The number of halogens is 1. The normalized spacial score (nSPS) is 11.2. The highest BCUT2D eigenvalue weighted by Crippen LogP contribution is 2.29. The molecule has 0 atom stereocenters. The Balaban J connectivity index is 2.19. The summed E-state index contributed by atoms with van der Waals surface area (Å²) in [5.74, 6) is -1.31. The zero-order chi connectivity index (χ0) is 18.8. The number of carboxylic acids is 1. The molecule has 0 amide bonds. The van der Waals surface area contributed by atoms with Crippen LogP contribution in [0.3, 0.4) is 0 Å². The average molecular weight is 372 g/mol. The van der Waals surface area contributed by atoms with Crippen molar-refractivity contribution in [2.24, 2.45) is 0 Å². The van der Waals surface area contributed by atoms with E-state index in [0.29, 0.717) is 17.4 Å². The number of rotatable bonds is 5. The maximum Gasteiger partial charge on any atom is 0.307 e. The van der Waals surface area contributed by atoms with Gasteiger partial charge in [-0.05, 0) is 70.6 Å². The molecule has 26 heavy (non-hydrogen) atoms. The number of hydrogen-bond acceptors (Lipinski definition) is 3. The van der Waals surface area contributed by atoms with Crippen molar-refractivity contribution in [2.75, 3.05) is 0 Å². The van der Waals surface area contributed by atoms with Gasteiger partial charge in [0.25, 0.3) is 0 Å². The molecule has 0 aliphatic heterocycles. The number of aliphatic carboxylic acids is 1. The third kappa shape index (κ3) is 3.75. The van der Waals surface area contributed by atoms with Crippen LogP contribution >= 0.6 is 0 Å². The van der Waals surface area contributed by atoms with Crippen molar-refractivity contribution in [1.29, 1.82) is 0 Å². The second kappa shape index (κ2) is 7.25. The third-order valence-electron chi connectivity index (χ3n) is 4.45. The third-order valence-corrected chi connectivity index (χ3v) is 5.15. The van der Waals surface area contributed by atoms with Crippen molar-refractivity contribution in [3.8, 4) is 0 Å². The lowest BCUT2D eigenvalue weighted by atomic mass is 9.90. The zero-order valence-electron chi connectivity index (χ0n) is 14.0. The molecule has 4 nitrogen and oxygen atoms in total. The van der Waals surface area contributed by atoms with Gasteiger partial charge in [-0.2, -0.15) is 0 Å². The second-order valence-electron chi connectivity index (χ2n) is 6.18. The van der Waals surface area contributed by atoms with Crippen LogP contribution in [0.15, 0.2) is 53.4 Å². The fourth-order valence-electron chi connectivity index (χ4n) is 3.17. The van der Waals surface area contributed by atoms with E-state index in [1.54, 1.807) is 30.3 Å². The van der Waals surface area contributed by atoms with E-state index in [1.165, 1.54) is 18.2 Å². The van der Waals surface area contributed by atoms with Gasteiger partial charge in [-0.3, -0.25) is 4.79 Å². The van der Waals surface area contributed by atoms with Gasteiger partial charge in [0, 0.05) is 0 Å². The first kappa shape index (κ1) is 18.1. The van der Waals surface area contributed by atoms with Gasteiger partial charge in [-0.15, -0.1) is 0 Å². The predicted octanol–water partition coefficient (Wildman–Crippen LogP) is 3.48. The molecule has 0 fully saturated rings. The monoisotopic (exact) mass is 372 g/mol. The maximum absolute atomic E-state index is 13.8. The number of carboxylic acid groups (broad SMARTS) is 1. The van der Waals surface area contributed by atoms with Gasteiger partial charge >= 0.3 is 5.97 Å². The smallest absolute Gasteiger partial charge is 0.307 e. The first-order valence-corrected chi connectivity index (χ1v) is 9.18. The molecule has 0 heterocycles. The van der Waals surface area contributed by atoms with Gasteiger partial charge in [0.1, 0.15) is 5.82 Å². The fourth-order valence-corrected chi connectivity index (χ4v) is 3.64. The van der Waals surface area contributed by atoms with E-state index >= 15 is 0 Å². The molecule has 0 bridgehead atoms. The van der Waals surface area contributed by atoms with Crippen LogP contribution in [0.1, 0.15) is 22.3 Å². The predicted molar refractivity (Wildman–Crippen MR) is 97.8 cm³/mol. The number of benzene rings is 3. The van der Waals surface area contributed by atoms with E-state index in [2.05, 4.69) is 0 Å². The molecule has 3 aromatic carbocycles. The summed E-state index contributed by atoms with van der Waals surface area (Å²) in [6.07, 6.45) is 0.259. The van der Waals surface area contributed by atoms with Gasteiger partial charge in [-0.25, -0.2) is 12.8 Å². The highest BCUT2D eigenvalue weighted by molar-refractivity contribution is 7.72. The van der Waals surface area contributed by atoms with Gasteiger partial charge in [-0.1, -0.05) is 24.3 Å². The molecular formula is C20H17FO4S. The molecule has 6 heteroatoms. The van der Waals surface area contributed by atoms with E-state index < -0.39 is 16.7 Å².